The van der Waals surface area contributed by atoms with E-state index in [1.54, 1.807) is 63.6 Å². The van der Waals surface area contributed by atoms with Crippen LogP contribution in [0.4, 0.5) is 5.13 Å². The summed E-state index contributed by atoms with van der Waals surface area (Å²) in [5.41, 5.74) is 1.76. The van der Waals surface area contributed by atoms with Crippen LogP contribution in [0.25, 0.3) is 16.0 Å². The molecule has 178 valence electrons. The van der Waals surface area contributed by atoms with Crippen molar-refractivity contribution >= 4 is 44.1 Å². The van der Waals surface area contributed by atoms with E-state index in [4.69, 9.17) is 13.9 Å². The van der Waals surface area contributed by atoms with Crippen LogP contribution in [-0.2, 0) is 9.59 Å². The summed E-state index contributed by atoms with van der Waals surface area (Å²) in [6.45, 7) is 3.60. The van der Waals surface area contributed by atoms with Crippen LogP contribution in [0.5, 0.6) is 11.5 Å². The maximum Gasteiger partial charge on any atom is 0.302 e. The van der Waals surface area contributed by atoms with Gasteiger partial charge in [0.15, 0.2) is 5.13 Å². The number of fused-ring (bicyclic) bond motifs is 1. The summed E-state index contributed by atoms with van der Waals surface area (Å²) in [5, 5.41) is 11.6. The number of hydrogen-bond donors (Lipinski definition) is 1. The highest BCUT2D eigenvalue weighted by molar-refractivity contribution is 7.22. The Bertz CT molecular complexity index is 1520. The van der Waals surface area contributed by atoms with Gasteiger partial charge in [-0.3, -0.25) is 14.5 Å². The summed E-state index contributed by atoms with van der Waals surface area (Å²) in [5.74, 6) is 0.366. The maximum absolute atomic E-state index is 13.3. The number of hydrogen-bond acceptors (Lipinski definition) is 8. The molecule has 9 heteroatoms. The molecule has 0 radical (unpaired) electrons. The van der Waals surface area contributed by atoms with E-state index in [0.717, 1.165) is 10.3 Å². The molecule has 1 fully saturated rings. The van der Waals surface area contributed by atoms with E-state index in [1.807, 2.05) is 13.0 Å². The zero-order valence-corrected chi connectivity index (χ0v) is 20.3. The topological polar surface area (TPSA) is 102 Å². The van der Waals surface area contributed by atoms with Gasteiger partial charge in [0.25, 0.3) is 5.78 Å². The van der Waals surface area contributed by atoms with Gasteiger partial charge >= 0.3 is 5.91 Å². The van der Waals surface area contributed by atoms with E-state index in [1.165, 1.54) is 16.2 Å². The van der Waals surface area contributed by atoms with Crippen molar-refractivity contribution in [2.45, 2.75) is 19.9 Å². The molecular weight excluding hydrogens is 468 g/mol. The third kappa shape index (κ3) is 3.74. The maximum atomic E-state index is 13.3. The van der Waals surface area contributed by atoms with E-state index >= 15 is 0 Å². The molecule has 1 saturated heterocycles. The fourth-order valence-corrected chi connectivity index (χ4v) is 5.22. The molecule has 8 nitrogen and oxygen atoms in total. The predicted molar refractivity (Wildman–Crippen MR) is 132 cm³/mol. The Balaban J connectivity index is 1.70. The summed E-state index contributed by atoms with van der Waals surface area (Å²) in [7, 11) is 3.13. The number of aromatic nitrogens is 1. The number of ketones is 1. The highest BCUT2D eigenvalue weighted by Gasteiger charge is 2.49. The Morgan fingerprint density at radius 3 is 2.51 bits per heavy atom. The Morgan fingerprint density at radius 1 is 1.06 bits per heavy atom. The second-order valence-electron chi connectivity index (χ2n) is 8.13. The van der Waals surface area contributed by atoms with Crippen molar-refractivity contribution < 1.29 is 28.6 Å². The van der Waals surface area contributed by atoms with Gasteiger partial charge in [-0.15, -0.1) is 0 Å². The monoisotopic (exact) mass is 490 g/mol. The second kappa shape index (κ2) is 8.59. The van der Waals surface area contributed by atoms with Crippen LogP contribution >= 0.6 is 11.3 Å². The van der Waals surface area contributed by atoms with Gasteiger partial charge in [-0.25, -0.2) is 4.98 Å². The molecule has 3 heterocycles. The number of furan rings is 1. The lowest BCUT2D eigenvalue weighted by Gasteiger charge is -2.20. The lowest BCUT2D eigenvalue weighted by Crippen LogP contribution is -2.29. The molecule has 1 unspecified atom stereocenters. The number of carbonyl (C=O) groups excluding carboxylic acids is 2. The summed E-state index contributed by atoms with van der Waals surface area (Å²) in [6.07, 6.45) is 0. The molecule has 4 aromatic rings. The highest BCUT2D eigenvalue weighted by Crippen LogP contribution is 2.45. The fraction of sp³-hybridized carbons (Fsp3) is 0.192. The summed E-state index contributed by atoms with van der Waals surface area (Å²) < 4.78 is 17.2. The van der Waals surface area contributed by atoms with Crippen LogP contribution in [0, 0.1) is 13.8 Å². The Hall–Kier alpha value is -4.11. The van der Waals surface area contributed by atoms with Gasteiger partial charge in [-0.1, -0.05) is 11.3 Å². The number of benzene rings is 2. The number of carbonyl (C=O) groups is 2. The van der Waals surface area contributed by atoms with E-state index < -0.39 is 17.7 Å². The lowest BCUT2D eigenvalue weighted by atomic mass is 9.98. The molecule has 2 aromatic heterocycles. The van der Waals surface area contributed by atoms with Crippen molar-refractivity contribution in [3.63, 3.8) is 0 Å². The van der Waals surface area contributed by atoms with Crippen molar-refractivity contribution in [1.82, 2.24) is 4.98 Å². The standard InChI is InChI=1S/C26H22N2O6S/c1-13-11-15(6-10-18(13)33-4)23(29)21-22(19-9-5-14(2)34-19)28(25(31)24(21)30)26-27-17-8-7-16(32-3)12-20(17)35-26/h5-12,22,29H,1-4H3/b23-21+. The number of thiazole rings is 1. The quantitative estimate of drug-likeness (QED) is 0.234. The van der Waals surface area contributed by atoms with Gasteiger partial charge in [0.2, 0.25) is 0 Å². The van der Waals surface area contributed by atoms with Gasteiger partial charge in [0.05, 0.1) is 30.0 Å². The van der Waals surface area contributed by atoms with E-state index in [9.17, 15) is 14.7 Å². The number of methoxy groups -OCH3 is 2. The van der Waals surface area contributed by atoms with E-state index in [-0.39, 0.29) is 11.3 Å². The summed E-state index contributed by atoms with van der Waals surface area (Å²) in [6, 6.07) is 12.9. The number of nitrogens with zero attached hydrogens (tertiary/aromatic N) is 2. The largest absolute Gasteiger partial charge is 0.507 e. The average Bonchev–Trinajstić information content (AvgIpc) is 3.53. The van der Waals surface area contributed by atoms with Gasteiger partial charge < -0.3 is 19.0 Å². The first kappa shape index (κ1) is 22.7. The van der Waals surface area contributed by atoms with Crippen molar-refractivity contribution in [1.29, 1.82) is 0 Å². The lowest BCUT2D eigenvalue weighted by molar-refractivity contribution is -0.132. The number of aryl methyl sites for hydroxylation is 2. The van der Waals surface area contributed by atoms with Crippen molar-refractivity contribution in [2.75, 3.05) is 19.1 Å². The average molecular weight is 491 g/mol. The molecule has 5 rings (SSSR count). The summed E-state index contributed by atoms with van der Waals surface area (Å²) >= 11 is 1.25. The molecule has 1 aliphatic heterocycles. The van der Waals surface area contributed by atoms with Crippen LogP contribution < -0.4 is 14.4 Å². The van der Waals surface area contributed by atoms with Crippen LogP contribution in [0.1, 0.15) is 28.7 Å². The molecule has 0 saturated carbocycles. The minimum Gasteiger partial charge on any atom is -0.507 e. The molecule has 0 aliphatic carbocycles. The third-order valence-corrected chi connectivity index (χ3v) is 6.95. The van der Waals surface area contributed by atoms with Crippen molar-refractivity contribution in [3.05, 3.63) is 76.8 Å². The minimum absolute atomic E-state index is 0.0641. The molecule has 0 spiro atoms. The molecule has 1 amide bonds. The molecule has 1 N–H and O–H groups in total. The first-order valence-electron chi connectivity index (χ1n) is 10.8. The van der Waals surface area contributed by atoms with Crippen LogP contribution in [0.15, 0.2) is 58.5 Å². The number of ether oxygens (including phenoxy) is 2. The number of Topliss-reactive ketones (excluding diaryl/α,β-unsaturated/α-hetero) is 1. The number of amides is 1. The zero-order chi connectivity index (χ0) is 24.9. The molecular formula is C26H22N2O6S. The third-order valence-electron chi connectivity index (χ3n) is 5.93. The van der Waals surface area contributed by atoms with Gasteiger partial charge in [-0.05, 0) is 67.9 Å². The number of aliphatic hydroxyl groups is 1. The number of anilines is 1. The smallest absolute Gasteiger partial charge is 0.302 e. The molecule has 35 heavy (non-hydrogen) atoms. The zero-order valence-electron chi connectivity index (χ0n) is 19.5. The predicted octanol–water partition coefficient (Wildman–Crippen LogP) is 5.15. The molecule has 1 aliphatic rings. The Labute approximate surface area is 205 Å². The van der Waals surface area contributed by atoms with Crippen LogP contribution in [0.3, 0.4) is 0 Å². The van der Waals surface area contributed by atoms with E-state index in [2.05, 4.69) is 4.98 Å². The number of rotatable bonds is 5. The minimum atomic E-state index is -0.978. The summed E-state index contributed by atoms with van der Waals surface area (Å²) in [4.78, 5) is 32.5. The van der Waals surface area contributed by atoms with Crippen LogP contribution in [0.2, 0.25) is 0 Å². The van der Waals surface area contributed by atoms with Crippen molar-refractivity contribution in [2.24, 2.45) is 0 Å². The fourth-order valence-electron chi connectivity index (χ4n) is 4.20. The normalized spacial score (nSPS) is 17.4. The Kier molecular flexibility index (Phi) is 5.56. The van der Waals surface area contributed by atoms with Gasteiger partial charge in [0.1, 0.15) is 34.8 Å². The van der Waals surface area contributed by atoms with Gasteiger partial charge in [-0.2, -0.15) is 0 Å². The van der Waals surface area contributed by atoms with Crippen LogP contribution in [-0.4, -0.2) is 36.0 Å². The SMILES string of the molecule is COc1ccc2nc(N3C(=O)C(=O)/C(=C(/O)c4ccc(OC)c(C)c4)C3c3ccc(C)o3)sc2c1. The first-order valence-corrected chi connectivity index (χ1v) is 11.6. The molecule has 1 atom stereocenters. The van der Waals surface area contributed by atoms with Gasteiger partial charge in [0, 0.05) is 5.56 Å². The number of aliphatic hydroxyl groups excluding tert-OH is 1. The van der Waals surface area contributed by atoms with E-state index in [0.29, 0.717) is 39.2 Å². The first-order chi connectivity index (χ1) is 16.8. The van der Waals surface area contributed by atoms with Crippen molar-refractivity contribution in [3.8, 4) is 11.5 Å². The Morgan fingerprint density at radius 2 is 1.86 bits per heavy atom. The highest BCUT2D eigenvalue weighted by atomic mass is 32.1. The molecule has 2 aromatic carbocycles. The second-order valence-corrected chi connectivity index (χ2v) is 9.14. The molecule has 0 bridgehead atoms.